The largest absolute Gasteiger partial charge is 0.725 e. The molecule has 0 spiro atoms. The van der Waals surface area contributed by atoms with Crippen molar-refractivity contribution in [2.24, 2.45) is 0 Å². The second kappa shape index (κ2) is 9.41. The van der Waals surface area contributed by atoms with Gasteiger partial charge in [-0.2, -0.15) is 0 Å². The molecule has 0 bridgehead atoms. The molecule has 0 aliphatic heterocycles. The van der Waals surface area contributed by atoms with Crippen LogP contribution in [0.4, 0.5) is 0 Å². The molecule has 0 aliphatic carbocycles. The fourth-order valence-corrected chi connectivity index (χ4v) is 2.14. The minimum absolute atomic E-state index is 0.241. The minimum Gasteiger partial charge on any atom is -0.725 e. The fourth-order valence-electron chi connectivity index (χ4n) is 1.07. The van der Waals surface area contributed by atoms with E-state index in [4.69, 9.17) is 5.11 Å². The van der Waals surface area contributed by atoms with Crippen LogP contribution in [0.3, 0.4) is 0 Å². The molecule has 0 saturated carbocycles. The Bertz CT molecular complexity index is 227. The van der Waals surface area contributed by atoms with Crippen LogP contribution >= 0.6 is 12.0 Å². The summed E-state index contributed by atoms with van der Waals surface area (Å²) < 4.78 is 34.0. The Morgan fingerprint density at radius 1 is 1.07 bits per heavy atom. The molecule has 92 valence electrons. The summed E-state index contributed by atoms with van der Waals surface area (Å²) in [6, 6.07) is 0. The highest BCUT2D eigenvalue weighted by Gasteiger charge is 1.96. The summed E-state index contributed by atoms with van der Waals surface area (Å²) in [7, 11) is -4.54. The Morgan fingerprint density at radius 3 is 2.13 bits per heavy atom. The summed E-state index contributed by atoms with van der Waals surface area (Å²) in [5.41, 5.74) is 0. The maximum atomic E-state index is 10.0. The lowest BCUT2D eigenvalue weighted by atomic mass is 10.1. The Morgan fingerprint density at radius 2 is 1.60 bits per heavy atom. The molecule has 0 heterocycles. The molecule has 0 radical (unpaired) electrons. The summed E-state index contributed by atoms with van der Waals surface area (Å²) >= 11 is 0.688. The first-order valence-corrected chi connectivity index (χ1v) is 7.18. The van der Waals surface area contributed by atoms with Crippen LogP contribution in [0.1, 0.15) is 38.5 Å². The van der Waals surface area contributed by atoms with Crippen LogP contribution in [0.5, 0.6) is 0 Å². The zero-order valence-corrected chi connectivity index (χ0v) is 10.2. The van der Waals surface area contributed by atoms with Crippen molar-refractivity contribution >= 4 is 22.4 Å². The molecular formula is C8H17O5S2-. The lowest BCUT2D eigenvalue weighted by Crippen LogP contribution is -1.98. The van der Waals surface area contributed by atoms with Gasteiger partial charge in [0.25, 0.3) is 0 Å². The monoisotopic (exact) mass is 257 g/mol. The average Bonchev–Trinajstić information content (AvgIpc) is 2.14. The highest BCUT2D eigenvalue weighted by Crippen LogP contribution is 2.12. The number of hydrogen-bond donors (Lipinski definition) is 1. The molecule has 15 heavy (non-hydrogen) atoms. The smallest absolute Gasteiger partial charge is 0.228 e. The van der Waals surface area contributed by atoms with Crippen LogP contribution in [-0.4, -0.2) is 30.4 Å². The van der Waals surface area contributed by atoms with Crippen LogP contribution in [0, 0.1) is 0 Å². The van der Waals surface area contributed by atoms with E-state index in [0.29, 0.717) is 17.8 Å². The normalized spacial score (nSPS) is 11.9. The second-order valence-electron chi connectivity index (χ2n) is 3.14. The molecule has 0 amide bonds. The van der Waals surface area contributed by atoms with E-state index in [1.165, 1.54) is 0 Å². The fraction of sp³-hybridized carbons (Fsp3) is 1.00. The van der Waals surface area contributed by atoms with Crippen LogP contribution in [-0.2, 0) is 14.0 Å². The van der Waals surface area contributed by atoms with E-state index in [1.807, 2.05) is 0 Å². The molecule has 0 rings (SSSR count). The maximum absolute atomic E-state index is 10.0. The van der Waals surface area contributed by atoms with Gasteiger partial charge in [-0.05, 0) is 12.8 Å². The van der Waals surface area contributed by atoms with Gasteiger partial charge in [0.15, 0.2) is 0 Å². The molecule has 0 aromatic carbocycles. The maximum Gasteiger partial charge on any atom is 0.228 e. The number of rotatable bonds is 10. The second-order valence-corrected chi connectivity index (χ2v) is 5.15. The topological polar surface area (TPSA) is 86.7 Å². The summed E-state index contributed by atoms with van der Waals surface area (Å²) in [5.74, 6) is 0.515. The lowest BCUT2D eigenvalue weighted by Gasteiger charge is -2.05. The van der Waals surface area contributed by atoms with Crippen LogP contribution < -0.4 is 0 Å². The molecule has 0 aromatic rings. The molecule has 0 saturated heterocycles. The summed E-state index contributed by atoms with van der Waals surface area (Å²) in [4.78, 5) is 0. The van der Waals surface area contributed by atoms with Crippen molar-refractivity contribution in [3.05, 3.63) is 0 Å². The number of unbranched alkanes of at least 4 members (excludes halogenated alkanes) is 5. The van der Waals surface area contributed by atoms with E-state index in [9.17, 15) is 13.0 Å². The van der Waals surface area contributed by atoms with E-state index in [1.54, 1.807) is 0 Å². The first kappa shape index (κ1) is 15.2. The SMILES string of the molecule is O=S(=O)([O-])OSCCCCCCCCO. The quantitative estimate of drug-likeness (QED) is 0.276. The van der Waals surface area contributed by atoms with Crippen molar-refractivity contribution in [2.75, 3.05) is 12.4 Å². The van der Waals surface area contributed by atoms with Gasteiger partial charge in [0.05, 0.1) is 0 Å². The average molecular weight is 257 g/mol. The van der Waals surface area contributed by atoms with E-state index < -0.39 is 10.4 Å². The highest BCUT2D eigenvalue weighted by atomic mass is 32.3. The molecular weight excluding hydrogens is 240 g/mol. The van der Waals surface area contributed by atoms with E-state index in [2.05, 4.69) is 3.63 Å². The van der Waals surface area contributed by atoms with Crippen LogP contribution in [0.15, 0.2) is 0 Å². The molecule has 0 unspecified atom stereocenters. The molecule has 0 fully saturated rings. The van der Waals surface area contributed by atoms with Crippen molar-refractivity contribution < 1.29 is 21.7 Å². The summed E-state index contributed by atoms with van der Waals surface area (Å²) in [5, 5.41) is 8.51. The van der Waals surface area contributed by atoms with Crippen molar-refractivity contribution in [1.29, 1.82) is 0 Å². The number of hydrogen-bond acceptors (Lipinski definition) is 6. The van der Waals surface area contributed by atoms with Gasteiger partial charge < -0.3 is 9.66 Å². The van der Waals surface area contributed by atoms with E-state index >= 15 is 0 Å². The highest BCUT2D eigenvalue weighted by molar-refractivity contribution is 8.02. The Labute approximate surface area is 95.4 Å². The van der Waals surface area contributed by atoms with Gasteiger partial charge in [0, 0.05) is 24.4 Å². The van der Waals surface area contributed by atoms with Crippen molar-refractivity contribution in [3.8, 4) is 0 Å². The first-order valence-electron chi connectivity index (χ1n) is 4.94. The third kappa shape index (κ3) is 14.2. The Kier molecular flexibility index (Phi) is 9.52. The Hall–Kier alpha value is 0.180. The predicted octanol–water partition coefficient (Wildman–Crippen LogP) is 1.44. The third-order valence-corrected chi connectivity index (χ3v) is 3.27. The molecule has 0 atom stereocenters. The van der Waals surface area contributed by atoms with E-state index in [0.717, 1.165) is 38.5 Å². The van der Waals surface area contributed by atoms with Gasteiger partial charge in [-0.25, -0.2) is 12.0 Å². The molecule has 0 aromatic heterocycles. The van der Waals surface area contributed by atoms with Gasteiger partial charge >= 0.3 is 0 Å². The van der Waals surface area contributed by atoms with Crippen molar-refractivity contribution in [1.82, 2.24) is 0 Å². The van der Waals surface area contributed by atoms with Crippen LogP contribution in [0.25, 0.3) is 0 Å². The first-order chi connectivity index (χ1) is 7.06. The van der Waals surface area contributed by atoms with Gasteiger partial charge in [-0.1, -0.05) is 25.7 Å². The minimum atomic E-state index is -4.54. The zero-order valence-electron chi connectivity index (χ0n) is 8.55. The number of aliphatic hydroxyl groups excluding tert-OH is 1. The van der Waals surface area contributed by atoms with Gasteiger partial charge in [-0.15, -0.1) is 0 Å². The Balaban J connectivity index is 3.06. The lowest BCUT2D eigenvalue weighted by molar-refractivity contribution is 0.282. The van der Waals surface area contributed by atoms with Crippen molar-refractivity contribution in [2.45, 2.75) is 38.5 Å². The molecule has 1 N–H and O–H groups in total. The summed E-state index contributed by atoms with van der Waals surface area (Å²) in [6.07, 6.45) is 5.82. The van der Waals surface area contributed by atoms with Gasteiger partial charge in [0.1, 0.15) is 0 Å². The van der Waals surface area contributed by atoms with Gasteiger partial charge in [-0.3, -0.25) is 0 Å². The third-order valence-electron chi connectivity index (χ3n) is 1.77. The standard InChI is InChI=1S/C8H18O5S2/c9-7-5-3-1-2-4-6-8-14-13-15(10,11)12/h9H,1-8H2,(H,10,11,12)/p-1. The van der Waals surface area contributed by atoms with E-state index in [-0.39, 0.29) is 6.61 Å². The predicted molar refractivity (Wildman–Crippen MR) is 58.0 cm³/mol. The van der Waals surface area contributed by atoms with Crippen LogP contribution in [0.2, 0.25) is 0 Å². The molecule has 0 aliphatic rings. The molecule has 5 nitrogen and oxygen atoms in total. The number of aliphatic hydroxyl groups is 1. The zero-order chi connectivity index (χ0) is 11.6. The summed E-state index contributed by atoms with van der Waals surface area (Å²) in [6.45, 7) is 0.241. The van der Waals surface area contributed by atoms with Gasteiger partial charge in [0.2, 0.25) is 10.4 Å². The van der Waals surface area contributed by atoms with Crippen molar-refractivity contribution in [3.63, 3.8) is 0 Å². The molecule has 7 heteroatoms.